The second kappa shape index (κ2) is 8.26. The van der Waals surface area contributed by atoms with Crippen LogP contribution in [0.5, 0.6) is 5.75 Å². The van der Waals surface area contributed by atoms with E-state index in [-0.39, 0.29) is 12.0 Å². The van der Waals surface area contributed by atoms with Gasteiger partial charge < -0.3 is 15.4 Å². The van der Waals surface area contributed by atoms with Gasteiger partial charge in [0.1, 0.15) is 28.2 Å². The molecular formula is C18H20FN5O2S. The minimum absolute atomic E-state index is 0.120. The number of benzene rings is 1. The third kappa shape index (κ3) is 4.48. The van der Waals surface area contributed by atoms with Crippen LogP contribution in [0.2, 0.25) is 0 Å². The number of fused-ring (bicyclic) bond motifs is 1. The van der Waals surface area contributed by atoms with E-state index in [4.69, 9.17) is 4.74 Å². The lowest BCUT2D eigenvalue weighted by Gasteiger charge is -2.15. The van der Waals surface area contributed by atoms with Gasteiger partial charge in [-0.2, -0.15) is 0 Å². The number of carbonyl (C=O) groups excluding carboxylic acids is 1. The Labute approximate surface area is 160 Å². The molecule has 0 aliphatic rings. The van der Waals surface area contributed by atoms with Crippen molar-refractivity contribution in [3.63, 3.8) is 0 Å². The van der Waals surface area contributed by atoms with E-state index in [0.29, 0.717) is 39.2 Å². The maximum Gasteiger partial charge on any atom is 0.280 e. The summed E-state index contributed by atoms with van der Waals surface area (Å²) in [5, 5.41) is 6.23. The normalized spacial score (nSPS) is 11.0. The van der Waals surface area contributed by atoms with E-state index in [9.17, 15) is 9.18 Å². The molecule has 2 N–H and O–H groups in total. The molecule has 3 aromatic rings. The highest BCUT2D eigenvalue weighted by molar-refractivity contribution is 7.19. The number of thiazole rings is 1. The summed E-state index contributed by atoms with van der Waals surface area (Å²) in [5.41, 5.74) is 1.03. The average molecular weight is 389 g/mol. The van der Waals surface area contributed by atoms with Crippen molar-refractivity contribution < 1.29 is 13.9 Å². The number of halogens is 1. The molecule has 3 rings (SSSR count). The molecule has 1 amide bonds. The highest BCUT2D eigenvalue weighted by atomic mass is 32.1. The van der Waals surface area contributed by atoms with Crippen LogP contribution in [0.25, 0.3) is 10.3 Å². The van der Waals surface area contributed by atoms with E-state index in [1.165, 1.54) is 29.8 Å². The molecule has 9 heteroatoms. The molecule has 0 aliphatic carbocycles. The molecule has 0 atom stereocenters. The van der Waals surface area contributed by atoms with E-state index in [1.807, 2.05) is 20.8 Å². The number of carbonyl (C=O) groups is 1. The highest BCUT2D eigenvalue weighted by Gasteiger charge is 2.17. The highest BCUT2D eigenvalue weighted by Crippen LogP contribution is 2.32. The second-order valence-corrected chi connectivity index (χ2v) is 7.06. The Morgan fingerprint density at radius 1 is 1.33 bits per heavy atom. The smallest absolute Gasteiger partial charge is 0.280 e. The van der Waals surface area contributed by atoms with Crippen molar-refractivity contribution in [3.8, 4) is 5.75 Å². The van der Waals surface area contributed by atoms with Crippen molar-refractivity contribution in [3.05, 3.63) is 35.4 Å². The van der Waals surface area contributed by atoms with Crippen LogP contribution in [0.3, 0.4) is 0 Å². The molecule has 27 heavy (non-hydrogen) atoms. The fourth-order valence-corrected chi connectivity index (χ4v) is 3.16. The molecule has 2 aromatic heterocycles. The standard InChI is InChI=1S/C18H20FN5O2S/c1-4-7-20-16(25)18-24-14-15(21-9-22-17(14)27-18)23-12-6-5-11(19)8-13(12)26-10(2)3/h5-6,8-10H,4,7H2,1-3H3,(H,20,25)(H,21,22,23). The van der Waals surface area contributed by atoms with Crippen LogP contribution in [0.1, 0.15) is 37.0 Å². The summed E-state index contributed by atoms with van der Waals surface area (Å²) in [7, 11) is 0. The van der Waals surface area contributed by atoms with Crippen LogP contribution in [-0.4, -0.2) is 33.5 Å². The van der Waals surface area contributed by atoms with Gasteiger partial charge >= 0.3 is 0 Å². The first-order valence-electron chi connectivity index (χ1n) is 8.61. The largest absolute Gasteiger partial charge is 0.489 e. The predicted molar refractivity (Wildman–Crippen MR) is 103 cm³/mol. The zero-order chi connectivity index (χ0) is 19.4. The van der Waals surface area contributed by atoms with Crippen molar-refractivity contribution in [2.45, 2.75) is 33.3 Å². The number of aromatic nitrogens is 3. The third-order valence-corrected chi connectivity index (χ3v) is 4.45. The van der Waals surface area contributed by atoms with E-state index < -0.39 is 5.82 Å². The molecule has 142 valence electrons. The summed E-state index contributed by atoms with van der Waals surface area (Å²) in [5.74, 6) is 0.155. The van der Waals surface area contributed by atoms with Gasteiger partial charge in [0, 0.05) is 12.6 Å². The molecule has 0 saturated heterocycles. The maximum atomic E-state index is 13.6. The van der Waals surface area contributed by atoms with Gasteiger partial charge in [0.15, 0.2) is 10.8 Å². The number of ether oxygens (including phenoxy) is 1. The van der Waals surface area contributed by atoms with Gasteiger partial charge in [0.25, 0.3) is 5.91 Å². The maximum absolute atomic E-state index is 13.6. The van der Waals surface area contributed by atoms with Crippen LogP contribution in [0, 0.1) is 5.82 Å². The molecule has 0 unspecified atom stereocenters. The average Bonchev–Trinajstić information content (AvgIpc) is 3.07. The summed E-state index contributed by atoms with van der Waals surface area (Å²) in [4.78, 5) is 25.5. The van der Waals surface area contributed by atoms with Crippen molar-refractivity contribution >= 4 is 39.1 Å². The first kappa shape index (κ1) is 19.0. The second-order valence-electron chi connectivity index (χ2n) is 6.08. The van der Waals surface area contributed by atoms with Gasteiger partial charge in [-0.05, 0) is 32.4 Å². The monoisotopic (exact) mass is 389 g/mol. The molecule has 0 radical (unpaired) electrons. The molecule has 0 bridgehead atoms. The minimum atomic E-state index is -0.396. The van der Waals surface area contributed by atoms with Crippen LogP contribution in [-0.2, 0) is 0 Å². The van der Waals surface area contributed by atoms with E-state index in [1.54, 1.807) is 6.07 Å². The van der Waals surface area contributed by atoms with Gasteiger partial charge in [-0.1, -0.05) is 18.3 Å². The summed E-state index contributed by atoms with van der Waals surface area (Å²) in [6.07, 6.45) is 2.11. The van der Waals surface area contributed by atoms with Gasteiger partial charge in [0.2, 0.25) is 0 Å². The molecule has 7 nitrogen and oxygen atoms in total. The molecule has 0 fully saturated rings. The predicted octanol–water partition coefficient (Wildman–Crippen LogP) is 3.90. The lowest BCUT2D eigenvalue weighted by atomic mass is 10.2. The van der Waals surface area contributed by atoms with Crippen molar-refractivity contribution in [2.75, 3.05) is 11.9 Å². The molecule has 0 saturated carbocycles. The van der Waals surface area contributed by atoms with Crippen molar-refractivity contribution in [1.82, 2.24) is 20.3 Å². The third-order valence-electron chi connectivity index (χ3n) is 3.48. The van der Waals surface area contributed by atoms with Crippen LogP contribution >= 0.6 is 11.3 Å². The number of hydrogen-bond acceptors (Lipinski definition) is 7. The summed E-state index contributed by atoms with van der Waals surface area (Å²) < 4.78 is 19.3. The first-order chi connectivity index (χ1) is 13.0. The number of hydrogen-bond donors (Lipinski definition) is 2. The van der Waals surface area contributed by atoms with Crippen LogP contribution < -0.4 is 15.4 Å². The SMILES string of the molecule is CCCNC(=O)c1nc2c(Nc3ccc(F)cc3OC(C)C)ncnc2s1. The topological polar surface area (TPSA) is 89.0 Å². The van der Waals surface area contributed by atoms with Gasteiger partial charge in [0.05, 0.1) is 11.8 Å². The lowest BCUT2D eigenvalue weighted by Crippen LogP contribution is -2.23. The Morgan fingerprint density at radius 2 is 2.15 bits per heavy atom. The van der Waals surface area contributed by atoms with E-state index in [2.05, 4.69) is 25.6 Å². The molecule has 0 spiro atoms. The molecular weight excluding hydrogens is 369 g/mol. The summed E-state index contributed by atoms with van der Waals surface area (Å²) >= 11 is 1.19. The summed E-state index contributed by atoms with van der Waals surface area (Å²) in [6, 6.07) is 4.21. The Hall–Kier alpha value is -2.81. The van der Waals surface area contributed by atoms with Crippen molar-refractivity contribution in [2.24, 2.45) is 0 Å². The Morgan fingerprint density at radius 3 is 2.89 bits per heavy atom. The van der Waals surface area contributed by atoms with Gasteiger partial charge in [-0.25, -0.2) is 19.3 Å². The van der Waals surface area contributed by atoms with Crippen LogP contribution in [0.15, 0.2) is 24.5 Å². The Bertz CT molecular complexity index is 960. The summed E-state index contributed by atoms with van der Waals surface area (Å²) in [6.45, 7) is 6.28. The molecule has 1 aromatic carbocycles. The van der Waals surface area contributed by atoms with Gasteiger partial charge in [-0.15, -0.1) is 0 Å². The van der Waals surface area contributed by atoms with Gasteiger partial charge in [-0.3, -0.25) is 4.79 Å². The number of nitrogens with zero attached hydrogens (tertiary/aromatic N) is 3. The Balaban J connectivity index is 1.94. The lowest BCUT2D eigenvalue weighted by molar-refractivity contribution is 0.0953. The Kier molecular flexibility index (Phi) is 5.80. The van der Waals surface area contributed by atoms with Crippen molar-refractivity contribution in [1.29, 1.82) is 0 Å². The zero-order valence-electron chi connectivity index (χ0n) is 15.2. The van der Waals surface area contributed by atoms with E-state index >= 15 is 0 Å². The fourth-order valence-electron chi connectivity index (χ4n) is 2.34. The molecule has 2 heterocycles. The van der Waals surface area contributed by atoms with Crippen LogP contribution in [0.4, 0.5) is 15.9 Å². The quantitative estimate of drug-likeness (QED) is 0.637. The number of amides is 1. The number of rotatable bonds is 7. The number of anilines is 2. The van der Waals surface area contributed by atoms with E-state index in [0.717, 1.165) is 6.42 Å². The fraction of sp³-hybridized carbons (Fsp3) is 0.333. The molecule has 0 aliphatic heterocycles. The minimum Gasteiger partial charge on any atom is -0.489 e. The zero-order valence-corrected chi connectivity index (χ0v) is 16.1. The first-order valence-corrected chi connectivity index (χ1v) is 9.42. The number of nitrogens with one attached hydrogen (secondary N) is 2.